The molecule has 0 aliphatic carbocycles. The largest absolute Gasteiger partial charge is 0.504 e. The summed E-state index contributed by atoms with van der Waals surface area (Å²) in [6.45, 7) is 2.25. The number of fused-ring (bicyclic) bond motifs is 1. The molecule has 132 valence electrons. The van der Waals surface area contributed by atoms with E-state index < -0.39 is 0 Å². The lowest BCUT2D eigenvalue weighted by molar-refractivity contribution is -0.141. The second kappa shape index (κ2) is 7.72. The molecule has 0 bridgehead atoms. The summed E-state index contributed by atoms with van der Waals surface area (Å²) in [4.78, 5) is 17.8. The van der Waals surface area contributed by atoms with Gasteiger partial charge in [-0.3, -0.25) is 14.7 Å². The number of carbonyl (C=O) groups excluding carboxylic acids is 1. The van der Waals surface area contributed by atoms with Crippen LogP contribution >= 0.6 is 11.6 Å². The average Bonchev–Trinajstić information content (AvgIpc) is 2.82. The molecule has 0 fully saturated rings. The number of carbonyl (C=O) groups is 1. The number of hydrogen-bond acceptors (Lipinski definition) is 6. The maximum atomic E-state index is 11.4. The molecule has 1 aromatic heterocycles. The van der Waals surface area contributed by atoms with E-state index in [0.29, 0.717) is 49.1 Å². The molecule has 0 saturated heterocycles. The molecule has 0 unspecified atom stereocenters. The molecule has 1 N–H and O–H groups in total. The van der Waals surface area contributed by atoms with E-state index >= 15 is 0 Å². The Morgan fingerprint density at radius 2 is 2.28 bits per heavy atom. The highest BCUT2D eigenvalue weighted by molar-refractivity contribution is 6.30. The van der Waals surface area contributed by atoms with Gasteiger partial charge in [-0.1, -0.05) is 11.6 Å². The number of rotatable bonds is 4. The summed E-state index contributed by atoms with van der Waals surface area (Å²) in [5, 5.41) is 10.9. The quantitative estimate of drug-likeness (QED) is 0.843. The van der Waals surface area contributed by atoms with Crippen molar-refractivity contribution in [1.82, 2.24) is 9.88 Å². The number of halogens is 1. The summed E-state index contributed by atoms with van der Waals surface area (Å²) in [7, 11) is 1.38. The third kappa shape index (κ3) is 4.21. The first-order valence-corrected chi connectivity index (χ1v) is 8.34. The minimum Gasteiger partial charge on any atom is -0.504 e. The molecule has 0 radical (unpaired) electrons. The zero-order valence-electron chi connectivity index (χ0n) is 13.9. The fraction of sp³-hybridized carbons (Fsp3) is 0.333. The number of aromatic hydroxyl groups is 1. The Bertz CT molecular complexity index is 764. The normalized spacial score (nSPS) is 14.3. The first kappa shape index (κ1) is 17.5. The van der Waals surface area contributed by atoms with Crippen molar-refractivity contribution in [2.24, 2.45) is 0 Å². The van der Waals surface area contributed by atoms with E-state index in [1.807, 2.05) is 6.07 Å². The highest BCUT2D eigenvalue weighted by Crippen LogP contribution is 2.37. The van der Waals surface area contributed by atoms with Crippen LogP contribution in [-0.4, -0.2) is 47.8 Å². The predicted octanol–water partition coefficient (Wildman–Crippen LogP) is 2.87. The van der Waals surface area contributed by atoms with E-state index in [1.165, 1.54) is 7.11 Å². The minimum absolute atomic E-state index is 0.0825. The Hall–Kier alpha value is -2.31. The van der Waals surface area contributed by atoms with E-state index in [1.54, 1.807) is 24.4 Å². The van der Waals surface area contributed by atoms with Crippen molar-refractivity contribution in [3.8, 4) is 22.8 Å². The van der Waals surface area contributed by atoms with Gasteiger partial charge in [0.05, 0.1) is 24.2 Å². The van der Waals surface area contributed by atoms with Gasteiger partial charge in [-0.05, 0) is 24.3 Å². The van der Waals surface area contributed by atoms with Crippen LogP contribution in [0.25, 0.3) is 11.3 Å². The number of phenolic OH excluding ortho intramolecular Hbond substituents is 1. The number of methoxy groups -OCH3 is 1. The molecule has 3 rings (SSSR count). The van der Waals surface area contributed by atoms with Crippen LogP contribution in [0, 0.1) is 0 Å². The summed E-state index contributed by atoms with van der Waals surface area (Å²) in [6, 6.07) is 7.14. The highest BCUT2D eigenvalue weighted by atomic mass is 35.5. The van der Waals surface area contributed by atoms with Crippen molar-refractivity contribution in [3.63, 3.8) is 0 Å². The Kier molecular flexibility index (Phi) is 5.40. The van der Waals surface area contributed by atoms with Crippen LogP contribution in [-0.2, 0) is 16.1 Å². The zero-order valence-corrected chi connectivity index (χ0v) is 14.6. The number of nitrogens with zero attached hydrogens (tertiary/aromatic N) is 2. The Balaban J connectivity index is 1.85. The van der Waals surface area contributed by atoms with Crippen LogP contribution in [0.2, 0.25) is 5.02 Å². The third-order valence-electron chi connectivity index (χ3n) is 4.08. The lowest BCUT2D eigenvalue weighted by Crippen LogP contribution is -2.28. The van der Waals surface area contributed by atoms with Crippen LogP contribution in [0.1, 0.15) is 12.0 Å². The van der Waals surface area contributed by atoms with E-state index in [9.17, 15) is 9.90 Å². The summed E-state index contributed by atoms with van der Waals surface area (Å²) in [6.07, 6.45) is 1.88. The van der Waals surface area contributed by atoms with Crippen LogP contribution in [0.5, 0.6) is 11.5 Å². The van der Waals surface area contributed by atoms with Crippen molar-refractivity contribution in [2.45, 2.75) is 13.0 Å². The van der Waals surface area contributed by atoms with Gasteiger partial charge in [0.15, 0.2) is 11.5 Å². The van der Waals surface area contributed by atoms with Gasteiger partial charge in [0, 0.05) is 37.0 Å². The van der Waals surface area contributed by atoms with Gasteiger partial charge < -0.3 is 14.6 Å². The molecule has 2 heterocycles. The zero-order chi connectivity index (χ0) is 17.8. The summed E-state index contributed by atoms with van der Waals surface area (Å²) in [5.74, 6) is 0.324. The minimum atomic E-state index is -0.243. The third-order valence-corrected chi connectivity index (χ3v) is 4.30. The number of esters is 1. The summed E-state index contributed by atoms with van der Waals surface area (Å²) >= 11 is 5.88. The van der Waals surface area contributed by atoms with Crippen LogP contribution in [0.3, 0.4) is 0 Å². The molecule has 0 saturated carbocycles. The number of benzene rings is 1. The number of aromatic nitrogens is 1. The number of phenols is 1. The second-order valence-electron chi connectivity index (χ2n) is 5.80. The molecule has 7 heteroatoms. The lowest BCUT2D eigenvalue weighted by atomic mass is 10.0. The van der Waals surface area contributed by atoms with E-state index in [-0.39, 0.29) is 11.7 Å². The Morgan fingerprint density at radius 1 is 1.44 bits per heavy atom. The molecule has 1 aliphatic rings. The van der Waals surface area contributed by atoms with Crippen LogP contribution < -0.4 is 4.74 Å². The van der Waals surface area contributed by atoms with Crippen LogP contribution in [0.4, 0.5) is 0 Å². The van der Waals surface area contributed by atoms with Gasteiger partial charge in [-0.25, -0.2) is 0 Å². The van der Waals surface area contributed by atoms with Gasteiger partial charge in [0.2, 0.25) is 0 Å². The number of pyridine rings is 1. The van der Waals surface area contributed by atoms with Crippen molar-refractivity contribution < 1.29 is 19.4 Å². The molecule has 0 amide bonds. The second-order valence-corrected chi connectivity index (χ2v) is 6.23. The smallest absolute Gasteiger partial charge is 0.306 e. The molecular formula is C18H19ClN2O4. The van der Waals surface area contributed by atoms with Crippen molar-refractivity contribution in [3.05, 3.63) is 41.0 Å². The van der Waals surface area contributed by atoms with Gasteiger partial charge in [0.25, 0.3) is 0 Å². The van der Waals surface area contributed by atoms with Crippen LogP contribution in [0.15, 0.2) is 30.5 Å². The monoisotopic (exact) mass is 362 g/mol. The number of ether oxygens (including phenoxy) is 2. The summed E-state index contributed by atoms with van der Waals surface area (Å²) in [5.41, 5.74) is 2.35. The maximum absolute atomic E-state index is 11.4. The topological polar surface area (TPSA) is 71.9 Å². The first-order valence-electron chi connectivity index (χ1n) is 7.96. The standard InChI is InChI=1S/C18H19ClN2O4/c1-24-17(23)4-5-21-6-7-25-18-13(11-21)8-12(9-16(18)22)15-3-2-14(19)10-20-15/h2-3,8-10,22H,4-7,11H2,1H3. The van der Waals surface area contributed by atoms with Crippen molar-refractivity contribution in [1.29, 1.82) is 0 Å². The molecule has 0 spiro atoms. The van der Waals surface area contributed by atoms with Crippen molar-refractivity contribution >= 4 is 17.6 Å². The first-order chi connectivity index (χ1) is 12.1. The Labute approximate surface area is 151 Å². The molecule has 1 aromatic carbocycles. The van der Waals surface area contributed by atoms with E-state index in [4.69, 9.17) is 21.1 Å². The fourth-order valence-corrected chi connectivity index (χ4v) is 2.90. The van der Waals surface area contributed by atoms with Gasteiger partial charge >= 0.3 is 5.97 Å². The Morgan fingerprint density at radius 3 is 3.00 bits per heavy atom. The molecule has 1 aliphatic heterocycles. The molecule has 25 heavy (non-hydrogen) atoms. The van der Waals surface area contributed by atoms with Gasteiger partial charge in [-0.2, -0.15) is 0 Å². The van der Waals surface area contributed by atoms with Crippen molar-refractivity contribution in [2.75, 3.05) is 26.8 Å². The predicted molar refractivity (Wildman–Crippen MR) is 93.8 cm³/mol. The van der Waals surface area contributed by atoms with E-state index in [0.717, 1.165) is 11.1 Å². The van der Waals surface area contributed by atoms with Gasteiger partial charge in [-0.15, -0.1) is 0 Å². The number of hydrogen-bond donors (Lipinski definition) is 1. The molecule has 2 aromatic rings. The average molecular weight is 363 g/mol. The SMILES string of the molecule is COC(=O)CCN1CCOc2c(O)cc(-c3ccc(Cl)cn3)cc2C1. The summed E-state index contributed by atoms with van der Waals surface area (Å²) < 4.78 is 10.4. The van der Waals surface area contributed by atoms with E-state index in [2.05, 4.69) is 9.88 Å². The molecular weight excluding hydrogens is 344 g/mol. The lowest BCUT2D eigenvalue weighted by Gasteiger charge is -2.18. The van der Waals surface area contributed by atoms with Gasteiger partial charge in [0.1, 0.15) is 6.61 Å². The molecule has 0 atom stereocenters. The molecule has 6 nitrogen and oxygen atoms in total. The maximum Gasteiger partial charge on any atom is 0.306 e. The highest BCUT2D eigenvalue weighted by Gasteiger charge is 2.20. The fourth-order valence-electron chi connectivity index (χ4n) is 2.79.